The normalized spacial score (nSPS) is 11.9. The maximum Gasteiger partial charge on any atom is 0.242 e. The van der Waals surface area contributed by atoms with E-state index in [4.69, 9.17) is 11.6 Å². The predicted molar refractivity (Wildman–Crippen MR) is 121 cm³/mol. The molecule has 29 heavy (non-hydrogen) atoms. The van der Waals surface area contributed by atoms with Gasteiger partial charge in [0.1, 0.15) is 6.04 Å². The number of carbonyl (C=O) groups is 2. The van der Waals surface area contributed by atoms with Gasteiger partial charge in [-0.15, -0.1) is 11.8 Å². The van der Waals surface area contributed by atoms with E-state index in [2.05, 4.69) is 5.32 Å². The van der Waals surface area contributed by atoms with Crippen LogP contribution in [-0.2, 0) is 16.1 Å². The fourth-order valence-electron chi connectivity index (χ4n) is 2.68. The van der Waals surface area contributed by atoms with Crippen LogP contribution in [0.2, 0.25) is 5.02 Å². The molecule has 1 atom stereocenters. The number of nitrogens with one attached hydrogen (secondary N) is 1. The van der Waals surface area contributed by atoms with Crippen molar-refractivity contribution in [1.29, 1.82) is 0 Å². The van der Waals surface area contributed by atoms with E-state index in [9.17, 15) is 9.59 Å². The van der Waals surface area contributed by atoms with E-state index in [0.29, 0.717) is 24.0 Å². The average Bonchev–Trinajstić information content (AvgIpc) is 2.70. The molecule has 0 aromatic heterocycles. The summed E-state index contributed by atoms with van der Waals surface area (Å²) in [5.41, 5.74) is 2.12. The van der Waals surface area contributed by atoms with Gasteiger partial charge in [0.2, 0.25) is 11.8 Å². The molecule has 0 unspecified atom stereocenters. The molecule has 0 aliphatic heterocycles. The van der Waals surface area contributed by atoms with E-state index in [1.54, 1.807) is 24.0 Å². The summed E-state index contributed by atoms with van der Waals surface area (Å²) in [7, 11) is 0. The minimum Gasteiger partial charge on any atom is -0.354 e. The number of thioether (sulfide) groups is 1. The van der Waals surface area contributed by atoms with Gasteiger partial charge in [0.15, 0.2) is 0 Å². The number of aryl methyl sites for hydroxylation is 1. The Morgan fingerprint density at radius 3 is 2.24 bits per heavy atom. The zero-order chi connectivity index (χ0) is 21.4. The number of rotatable bonds is 9. The van der Waals surface area contributed by atoms with E-state index < -0.39 is 6.04 Å². The lowest BCUT2D eigenvalue weighted by Gasteiger charge is -2.29. The molecule has 156 valence electrons. The van der Waals surface area contributed by atoms with Gasteiger partial charge in [-0.3, -0.25) is 9.59 Å². The van der Waals surface area contributed by atoms with Crippen molar-refractivity contribution in [2.75, 3.05) is 12.3 Å². The summed E-state index contributed by atoms with van der Waals surface area (Å²) in [5.74, 6) is 0.418. The van der Waals surface area contributed by atoms with Crippen LogP contribution in [0.25, 0.3) is 0 Å². The van der Waals surface area contributed by atoms with Gasteiger partial charge in [0.25, 0.3) is 0 Å². The molecule has 0 aliphatic carbocycles. The Hall–Kier alpha value is -1.98. The minimum atomic E-state index is -0.560. The molecule has 0 fully saturated rings. The van der Waals surface area contributed by atoms with Crippen molar-refractivity contribution in [2.24, 2.45) is 5.92 Å². The van der Waals surface area contributed by atoms with Gasteiger partial charge in [-0.05, 0) is 49.6 Å². The van der Waals surface area contributed by atoms with Crippen molar-refractivity contribution in [1.82, 2.24) is 10.2 Å². The topological polar surface area (TPSA) is 49.4 Å². The van der Waals surface area contributed by atoms with Gasteiger partial charge in [-0.25, -0.2) is 0 Å². The Morgan fingerprint density at radius 1 is 1.03 bits per heavy atom. The number of hydrogen-bond acceptors (Lipinski definition) is 3. The first-order valence-electron chi connectivity index (χ1n) is 9.77. The van der Waals surface area contributed by atoms with E-state index >= 15 is 0 Å². The summed E-state index contributed by atoms with van der Waals surface area (Å²) in [6, 6.07) is 14.9. The smallest absolute Gasteiger partial charge is 0.242 e. The van der Waals surface area contributed by atoms with Gasteiger partial charge in [-0.2, -0.15) is 0 Å². The Balaban J connectivity index is 2.10. The molecule has 4 nitrogen and oxygen atoms in total. The van der Waals surface area contributed by atoms with Crippen LogP contribution in [0, 0.1) is 12.8 Å². The van der Waals surface area contributed by atoms with Crippen LogP contribution in [0.1, 0.15) is 31.9 Å². The summed E-state index contributed by atoms with van der Waals surface area (Å²) in [5, 5.41) is 3.57. The fraction of sp³-hybridized carbons (Fsp3) is 0.391. The van der Waals surface area contributed by atoms with E-state index in [1.165, 1.54) is 17.3 Å². The number of hydrogen-bond donors (Lipinski definition) is 1. The van der Waals surface area contributed by atoms with Crippen molar-refractivity contribution >= 4 is 35.2 Å². The van der Waals surface area contributed by atoms with Crippen molar-refractivity contribution in [3.8, 4) is 0 Å². The van der Waals surface area contributed by atoms with Crippen LogP contribution in [-0.4, -0.2) is 35.1 Å². The van der Waals surface area contributed by atoms with Gasteiger partial charge < -0.3 is 10.2 Å². The molecule has 0 aliphatic rings. The first-order chi connectivity index (χ1) is 13.8. The summed E-state index contributed by atoms with van der Waals surface area (Å²) in [4.78, 5) is 28.3. The van der Waals surface area contributed by atoms with Crippen LogP contribution in [0.15, 0.2) is 53.4 Å². The second-order valence-electron chi connectivity index (χ2n) is 7.56. The lowest BCUT2D eigenvalue weighted by molar-refractivity contribution is -0.138. The van der Waals surface area contributed by atoms with Gasteiger partial charge in [0.05, 0.1) is 5.75 Å². The largest absolute Gasteiger partial charge is 0.354 e. The van der Waals surface area contributed by atoms with E-state index in [0.717, 1.165) is 10.5 Å². The third-order valence-electron chi connectivity index (χ3n) is 4.50. The third kappa shape index (κ3) is 7.75. The van der Waals surface area contributed by atoms with E-state index in [-0.39, 0.29) is 17.6 Å². The van der Waals surface area contributed by atoms with Crippen molar-refractivity contribution in [3.63, 3.8) is 0 Å². The minimum absolute atomic E-state index is 0.0716. The molecular weight excluding hydrogens is 404 g/mol. The number of carbonyl (C=O) groups excluding carboxylic acids is 2. The predicted octanol–water partition coefficient (Wildman–Crippen LogP) is 4.93. The summed E-state index contributed by atoms with van der Waals surface area (Å²) < 4.78 is 0. The Morgan fingerprint density at radius 2 is 1.66 bits per heavy atom. The molecule has 2 rings (SSSR count). The summed E-state index contributed by atoms with van der Waals surface area (Å²) in [6.45, 7) is 8.84. The highest BCUT2D eigenvalue weighted by Gasteiger charge is 2.26. The quantitative estimate of drug-likeness (QED) is 0.571. The van der Waals surface area contributed by atoms with Crippen LogP contribution in [0.3, 0.4) is 0 Å². The molecule has 2 amide bonds. The molecule has 0 heterocycles. The molecule has 0 spiro atoms. The molecule has 1 N–H and O–H groups in total. The second kappa shape index (κ2) is 11.3. The monoisotopic (exact) mass is 432 g/mol. The van der Waals surface area contributed by atoms with Crippen molar-refractivity contribution in [3.05, 3.63) is 64.7 Å². The maximum absolute atomic E-state index is 13.0. The molecule has 2 aromatic carbocycles. The Bertz CT molecular complexity index is 807. The molecule has 0 bridgehead atoms. The van der Waals surface area contributed by atoms with Crippen molar-refractivity contribution < 1.29 is 9.59 Å². The van der Waals surface area contributed by atoms with Crippen LogP contribution < -0.4 is 5.32 Å². The molecule has 6 heteroatoms. The van der Waals surface area contributed by atoms with E-state index in [1.807, 2.05) is 57.2 Å². The molecular formula is C23H29ClN2O2S. The number of nitrogens with zero attached hydrogens (tertiary/aromatic N) is 1. The van der Waals surface area contributed by atoms with Gasteiger partial charge in [0, 0.05) is 23.0 Å². The summed E-state index contributed by atoms with van der Waals surface area (Å²) in [6.07, 6.45) is 0. The second-order valence-corrected chi connectivity index (χ2v) is 9.05. The van der Waals surface area contributed by atoms with Gasteiger partial charge in [-0.1, -0.05) is 55.3 Å². The first-order valence-corrected chi connectivity index (χ1v) is 11.1. The third-order valence-corrected chi connectivity index (χ3v) is 5.75. The number of benzene rings is 2. The van der Waals surface area contributed by atoms with Crippen LogP contribution in [0.4, 0.5) is 0 Å². The molecule has 0 saturated heterocycles. The zero-order valence-corrected chi connectivity index (χ0v) is 19.0. The fourth-order valence-corrected chi connectivity index (χ4v) is 3.59. The highest BCUT2D eigenvalue weighted by molar-refractivity contribution is 8.00. The van der Waals surface area contributed by atoms with Crippen LogP contribution >= 0.6 is 23.4 Å². The average molecular weight is 433 g/mol. The Kier molecular flexibility index (Phi) is 9.05. The lowest BCUT2D eigenvalue weighted by atomic mass is 10.1. The highest BCUT2D eigenvalue weighted by atomic mass is 35.5. The molecule has 0 radical (unpaired) electrons. The highest BCUT2D eigenvalue weighted by Crippen LogP contribution is 2.20. The molecule has 2 aromatic rings. The first kappa shape index (κ1) is 23.3. The number of halogens is 1. The standard InChI is InChI=1S/C23H29ClN2O2S/c1-16(2)13-25-23(28)18(4)26(14-19-7-9-20(24)10-8-19)22(27)15-29-21-11-5-17(3)6-12-21/h5-12,16,18H,13-15H2,1-4H3,(H,25,28)/t18-/m1/s1. The maximum atomic E-state index is 13.0. The molecule has 0 saturated carbocycles. The lowest BCUT2D eigenvalue weighted by Crippen LogP contribution is -2.48. The Labute approximate surface area is 183 Å². The van der Waals surface area contributed by atoms with Crippen molar-refractivity contribution in [2.45, 2.75) is 45.2 Å². The summed E-state index contributed by atoms with van der Waals surface area (Å²) >= 11 is 7.46. The van der Waals surface area contributed by atoms with Crippen LogP contribution in [0.5, 0.6) is 0 Å². The number of amides is 2. The zero-order valence-electron chi connectivity index (χ0n) is 17.4. The van der Waals surface area contributed by atoms with Gasteiger partial charge >= 0.3 is 0 Å². The SMILES string of the molecule is Cc1ccc(SCC(=O)N(Cc2ccc(Cl)cc2)[C@H](C)C(=O)NCC(C)C)cc1.